The Labute approximate surface area is 184 Å². The van der Waals surface area contributed by atoms with Crippen molar-refractivity contribution < 1.29 is 35.9 Å². The number of carbonyl (C=O) groups is 1. The fourth-order valence-electron chi connectivity index (χ4n) is 3.23. The summed E-state index contributed by atoms with van der Waals surface area (Å²) in [6.45, 7) is 5.80. The highest BCUT2D eigenvalue weighted by molar-refractivity contribution is 7.11. The highest BCUT2D eigenvalue weighted by Gasteiger charge is 2.37. The number of hydrogen-bond donors (Lipinski definition) is 1. The number of anilines is 2. The summed E-state index contributed by atoms with van der Waals surface area (Å²) < 4.78 is 81.8. The molecule has 1 aromatic heterocycles. The molecule has 0 atom stereocenters. The third-order valence-electron chi connectivity index (χ3n) is 4.49. The van der Waals surface area contributed by atoms with Crippen LogP contribution in [0.2, 0.25) is 0 Å². The lowest BCUT2D eigenvalue weighted by molar-refractivity contribution is -0.274. The van der Waals surface area contributed by atoms with E-state index in [2.05, 4.69) is 15.0 Å². The van der Waals surface area contributed by atoms with E-state index in [4.69, 9.17) is 0 Å². The van der Waals surface area contributed by atoms with Crippen molar-refractivity contribution in [3.8, 4) is 5.75 Å². The molecule has 0 bridgehead atoms. The number of ether oxygens (including phenoxy) is 1. The average Bonchev–Trinajstić information content (AvgIpc) is 3.04. The lowest BCUT2D eigenvalue weighted by Gasteiger charge is -2.29. The summed E-state index contributed by atoms with van der Waals surface area (Å²) >= 11 is 0.526. The maximum absolute atomic E-state index is 13.0. The number of nitrogens with one attached hydrogen (secondary N) is 1. The molecule has 0 aliphatic carbocycles. The maximum Gasteiger partial charge on any atom is 0.573 e. The summed E-state index contributed by atoms with van der Waals surface area (Å²) in [6, 6.07) is 3.91. The molecule has 0 saturated carbocycles. The zero-order valence-corrected chi connectivity index (χ0v) is 18.3. The van der Waals surface area contributed by atoms with Crippen LogP contribution < -0.4 is 15.0 Å². The Bertz CT molecular complexity index is 995. The van der Waals surface area contributed by atoms with Crippen LogP contribution in [0.25, 0.3) is 0 Å². The van der Waals surface area contributed by atoms with E-state index >= 15 is 0 Å². The van der Waals surface area contributed by atoms with E-state index in [1.165, 1.54) is 12.1 Å². The quantitative estimate of drug-likeness (QED) is 0.545. The fourth-order valence-corrected chi connectivity index (χ4v) is 4.22. The van der Waals surface area contributed by atoms with E-state index in [-0.39, 0.29) is 37.0 Å². The van der Waals surface area contributed by atoms with Gasteiger partial charge in [0.15, 0.2) is 10.8 Å². The largest absolute Gasteiger partial charge is 0.573 e. The summed E-state index contributed by atoms with van der Waals surface area (Å²) in [5, 5.41) is 1.50. The summed E-state index contributed by atoms with van der Waals surface area (Å²) in [5.41, 5.74) is 0.155. The molecule has 3 rings (SSSR count). The van der Waals surface area contributed by atoms with Gasteiger partial charge < -0.3 is 15.0 Å². The first-order valence-electron chi connectivity index (χ1n) is 9.61. The van der Waals surface area contributed by atoms with Crippen molar-refractivity contribution in [2.75, 3.05) is 16.8 Å². The summed E-state index contributed by atoms with van der Waals surface area (Å²) in [4.78, 5) is 17.9. The van der Waals surface area contributed by atoms with Crippen molar-refractivity contribution in [2.24, 2.45) is 5.41 Å². The number of nitrogens with zero attached hydrogens (tertiary/aromatic N) is 2. The van der Waals surface area contributed by atoms with Gasteiger partial charge in [-0.2, -0.15) is 13.2 Å². The highest BCUT2D eigenvalue weighted by Crippen LogP contribution is 2.39. The molecule has 1 N–H and O–H groups in total. The summed E-state index contributed by atoms with van der Waals surface area (Å²) in [6.07, 6.45) is -9.23. The minimum atomic E-state index is -4.99. The van der Waals surface area contributed by atoms with Gasteiger partial charge in [-0.05, 0) is 17.5 Å². The molecule has 32 heavy (non-hydrogen) atoms. The number of thiazole rings is 1. The molecule has 1 aliphatic rings. The van der Waals surface area contributed by atoms with Crippen molar-refractivity contribution in [3.05, 3.63) is 33.8 Å². The van der Waals surface area contributed by atoms with E-state index in [1.54, 1.807) is 4.90 Å². The topological polar surface area (TPSA) is 54.5 Å². The Kier molecular flexibility index (Phi) is 6.38. The minimum Gasteiger partial charge on any atom is -0.403 e. The molecule has 176 valence electrons. The Balaban J connectivity index is 1.85. The normalized spacial score (nSPS) is 14.8. The van der Waals surface area contributed by atoms with Gasteiger partial charge in [-0.1, -0.05) is 20.8 Å². The molecule has 0 fully saturated rings. The van der Waals surface area contributed by atoms with E-state index in [0.29, 0.717) is 27.6 Å². The molecule has 2 heterocycles. The van der Waals surface area contributed by atoms with Gasteiger partial charge >= 0.3 is 12.5 Å². The predicted molar refractivity (Wildman–Crippen MR) is 108 cm³/mol. The van der Waals surface area contributed by atoms with E-state index in [0.717, 1.165) is 6.07 Å². The monoisotopic (exact) mass is 481 g/mol. The molecule has 0 spiro atoms. The van der Waals surface area contributed by atoms with Crippen LogP contribution in [-0.4, -0.2) is 23.8 Å². The molecule has 0 radical (unpaired) electrons. The molecule has 0 unspecified atom stereocenters. The van der Waals surface area contributed by atoms with Gasteiger partial charge in [0.25, 0.3) is 0 Å². The Morgan fingerprint density at radius 2 is 1.88 bits per heavy atom. The van der Waals surface area contributed by atoms with Crippen molar-refractivity contribution in [2.45, 2.75) is 52.7 Å². The number of halogens is 6. The van der Waals surface area contributed by atoms with Crippen LogP contribution in [0.3, 0.4) is 0 Å². The number of rotatable bonds is 4. The van der Waals surface area contributed by atoms with Crippen LogP contribution in [0.15, 0.2) is 18.2 Å². The van der Waals surface area contributed by atoms with Crippen LogP contribution in [-0.2, 0) is 23.9 Å². The number of aromatic nitrogens is 1. The smallest absolute Gasteiger partial charge is 0.403 e. The lowest BCUT2D eigenvalue weighted by atomic mass is 9.92. The maximum atomic E-state index is 13.0. The molecule has 1 amide bonds. The number of benzene rings is 1. The number of hydrogen-bond acceptors (Lipinski definition) is 5. The van der Waals surface area contributed by atoms with Crippen molar-refractivity contribution >= 4 is 28.6 Å². The van der Waals surface area contributed by atoms with E-state index < -0.39 is 29.2 Å². The summed E-state index contributed by atoms with van der Waals surface area (Å²) in [7, 11) is 0. The first-order chi connectivity index (χ1) is 14.6. The molecule has 12 heteroatoms. The zero-order chi connectivity index (χ0) is 23.9. The van der Waals surface area contributed by atoms with E-state index in [1.807, 2.05) is 20.8 Å². The van der Waals surface area contributed by atoms with Gasteiger partial charge in [0.05, 0.1) is 17.9 Å². The van der Waals surface area contributed by atoms with Crippen molar-refractivity contribution in [1.82, 2.24) is 4.98 Å². The molecule has 1 aromatic carbocycles. The predicted octanol–water partition coefficient (Wildman–Crippen LogP) is 6.00. The highest BCUT2D eigenvalue weighted by atomic mass is 32.1. The SMILES string of the molecule is CC(C)(C)CC(=O)Nc1ccc(N2CCc3nc(C(F)(F)F)sc3C2)cc1OC(F)(F)F. The molecule has 5 nitrogen and oxygen atoms in total. The van der Waals surface area contributed by atoms with Gasteiger partial charge in [-0.25, -0.2) is 4.98 Å². The molecule has 1 aliphatic heterocycles. The Morgan fingerprint density at radius 3 is 2.47 bits per heavy atom. The third-order valence-corrected chi connectivity index (χ3v) is 5.62. The first-order valence-corrected chi connectivity index (χ1v) is 10.4. The van der Waals surface area contributed by atoms with Gasteiger partial charge in [0.1, 0.15) is 0 Å². The molecular formula is C20H21F6N3O2S. The van der Waals surface area contributed by atoms with Crippen molar-refractivity contribution in [3.63, 3.8) is 0 Å². The van der Waals surface area contributed by atoms with Crippen LogP contribution >= 0.6 is 11.3 Å². The van der Waals surface area contributed by atoms with Gasteiger partial charge in [-0.3, -0.25) is 4.79 Å². The second kappa shape index (κ2) is 8.45. The van der Waals surface area contributed by atoms with Gasteiger partial charge in [-0.15, -0.1) is 24.5 Å². The average molecular weight is 481 g/mol. The van der Waals surface area contributed by atoms with Crippen LogP contribution in [0, 0.1) is 5.41 Å². The van der Waals surface area contributed by atoms with Crippen molar-refractivity contribution in [1.29, 1.82) is 0 Å². The third kappa shape index (κ3) is 6.27. The summed E-state index contributed by atoms with van der Waals surface area (Å²) in [5.74, 6) is -1.06. The molecule has 2 aromatic rings. The minimum absolute atomic E-state index is 0.0737. The molecule has 0 saturated heterocycles. The number of carbonyl (C=O) groups excluding carboxylic acids is 1. The Hall–Kier alpha value is -2.50. The van der Waals surface area contributed by atoms with Crippen LogP contribution in [0.1, 0.15) is 42.8 Å². The standard InChI is InChI=1S/C20H21F6N3O2S/c1-18(2,3)9-16(30)27-12-5-4-11(8-14(12)31-20(24,25)26)29-7-6-13-15(10-29)32-17(28-13)19(21,22)23/h4-5,8H,6-7,9-10H2,1-3H3,(H,27,30). The van der Waals surface area contributed by atoms with E-state index in [9.17, 15) is 31.1 Å². The number of amides is 1. The number of fused-ring (bicyclic) bond motifs is 1. The van der Waals surface area contributed by atoms with Crippen LogP contribution in [0.5, 0.6) is 5.75 Å². The molecular weight excluding hydrogens is 460 g/mol. The van der Waals surface area contributed by atoms with Gasteiger partial charge in [0, 0.05) is 36.0 Å². The Morgan fingerprint density at radius 1 is 1.19 bits per heavy atom. The van der Waals surface area contributed by atoms with Crippen LogP contribution in [0.4, 0.5) is 37.7 Å². The van der Waals surface area contributed by atoms with Gasteiger partial charge in [0.2, 0.25) is 5.91 Å². The second-order valence-corrected chi connectivity index (χ2v) is 9.66. The number of alkyl halides is 6. The second-order valence-electron chi connectivity index (χ2n) is 8.57. The zero-order valence-electron chi connectivity index (χ0n) is 17.4. The first kappa shape index (κ1) is 24.1. The lowest BCUT2D eigenvalue weighted by Crippen LogP contribution is -2.30. The fraction of sp³-hybridized carbons (Fsp3) is 0.500.